The van der Waals surface area contributed by atoms with E-state index in [4.69, 9.17) is 5.11 Å². The van der Waals surface area contributed by atoms with Crippen molar-refractivity contribution in [3.05, 3.63) is 36.2 Å². The summed E-state index contributed by atoms with van der Waals surface area (Å²) in [4.78, 5) is 0. The van der Waals surface area contributed by atoms with E-state index in [9.17, 15) is 0 Å². The second kappa shape index (κ2) is 12.0. The quantitative estimate of drug-likeness (QED) is 0.503. The molecule has 0 atom stereocenters. The van der Waals surface area contributed by atoms with Gasteiger partial charge in [-0.3, -0.25) is 0 Å². The van der Waals surface area contributed by atoms with Gasteiger partial charge in [-0.2, -0.15) is 20.8 Å². The molecule has 1 aromatic carbocycles. The zero-order valence-corrected chi connectivity index (χ0v) is 12.5. The number of hydrogen-bond acceptors (Lipinski definition) is 1. The fraction of sp³-hybridized carbons (Fsp3) is 0.300. The Hall–Kier alpha value is 0.00312. The Morgan fingerprint density at radius 1 is 1.00 bits per heavy atom. The first kappa shape index (κ1) is 18.7. The minimum Gasteiger partial charge on any atom is -0.508 e. The largest absolute Gasteiger partial charge is 2.00 e. The van der Waals surface area contributed by atoms with Gasteiger partial charge in [0.1, 0.15) is 5.75 Å². The molecule has 1 aromatic rings. The van der Waals surface area contributed by atoms with Crippen molar-refractivity contribution in [2.45, 2.75) is 20.8 Å². The summed E-state index contributed by atoms with van der Waals surface area (Å²) in [5.74, 6) is 1.74. The molecule has 0 aliphatic rings. The molecule has 0 radical (unpaired) electrons. The summed E-state index contributed by atoms with van der Waals surface area (Å²) in [5.41, 5.74) is 0. The van der Waals surface area contributed by atoms with Gasteiger partial charge >= 0.3 is 23.1 Å². The van der Waals surface area contributed by atoms with Crippen LogP contribution in [0, 0.1) is 5.92 Å². The summed E-state index contributed by atoms with van der Waals surface area (Å²) >= 11 is 0. The number of phenols is 1. The van der Waals surface area contributed by atoms with Crippen LogP contribution in [-0.2, 0) is 0 Å². The molecule has 0 fully saturated rings. The van der Waals surface area contributed by atoms with Crippen molar-refractivity contribution in [1.82, 2.24) is 0 Å². The monoisotopic (exact) mass is 206 g/mol. The molecule has 0 aromatic heterocycles. The van der Waals surface area contributed by atoms with Crippen molar-refractivity contribution in [1.29, 1.82) is 0 Å². The van der Waals surface area contributed by atoms with Crippen LogP contribution in [0.4, 0.5) is 0 Å². The van der Waals surface area contributed by atoms with E-state index in [0.29, 0.717) is 5.75 Å². The van der Waals surface area contributed by atoms with Crippen LogP contribution >= 0.6 is 0 Å². The molecule has 1 N–H and O–H groups in total. The predicted molar refractivity (Wildman–Crippen MR) is 64.1 cm³/mol. The fourth-order valence-electron chi connectivity index (χ4n) is 0.428. The van der Waals surface area contributed by atoms with Crippen molar-refractivity contribution in [2.24, 2.45) is 0 Å². The van der Waals surface area contributed by atoms with E-state index in [1.807, 2.05) is 6.07 Å². The minimum absolute atomic E-state index is 0. The van der Waals surface area contributed by atoms with E-state index in [0.717, 1.165) is 0 Å². The molecule has 0 aliphatic heterocycles. The van der Waals surface area contributed by atoms with E-state index in [1.165, 1.54) is 5.92 Å². The first-order chi connectivity index (χ1) is 5.13. The van der Waals surface area contributed by atoms with Crippen LogP contribution < -0.4 is 0 Å². The van der Waals surface area contributed by atoms with Crippen LogP contribution in [0.25, 0.3) is 0 Å². The molecule has 0 saturated heterocycles. The Morgan fingerprint density at radius 2 is 1.31 bits per heavy atom. The second-order valence-electron chi connectivity index (χ2n) is 2.84. The molecule has 0 saturated carbocycles. The summed E-state index contributed by atoms with van der Waals surface area (Å²) in [7, 11) is 0. The van der Waals surface area contributed by atoms with Crippen LogP contribution in [0.5, 0.6) is 5.75 Å². The molecule has 3 heteroatoms. The van der Waals surface area contributed by atoms with Crippen LogP contribution in [0.2, 0.25) is 0 Å². The van der Waals surface area contributed by atoms with Crippen LogP contribution in [0.1, 0.15) is 20.8 Å². The summed E-state index contributed by atoms with van der Waals surface area (Å²) in [6.07, 6.45) is 0. The van der Waals surface area contributed by atoms with Gasteiger partial charge in [-0.05, 0) is 12.1 Å². The number of aromatic hydroxyl groups is 1. The average molecular weight is 207 g/mol. The van der Waals surface area contributed by atoms with Gasteiger partial charge in [0.25, 0.3) is 0 Å². The van der Waals surface area contributed by atoms with E-state index >= 15 is 0 Å². The SMILES string of the molecule is C[C-](C)C.Oc1ccccc1.[Mg+2].[SiH3-]. The third-order valence-corrected chi connectivity index (χ3v) is 0.756. The number of hydrogen-bond donors (Lipinski definition) is 1. The van der Waals surface area contributed by atoms with E-state index < -0.39 is 0 Å². The third kappa shape index (κ3) is 18.8. The first-order valence-electron chi connectivity index (χ1n) is 3.63. The second-order valence-corrected chi connectivity index (χ2v) is 2.84. The molecule has 0 aliphatic carbocycles. The van der Waals surface area contributed by atoms with Gasteiger partial charge in [-0.25, -0.2) is 0 Å². The molecule has 0 spiro atoms. The minimum atomic E-state index is 0. The summed E-state index contributed by atoms with van der Waals surface area (Å²) in [6, 6.07) is 8.71. The fourth-order valence-corrected chi connectivity index (χ4v) is 0.428. The predicted octanol–water partition coefficient (Wildman–Crippen LogP) is 1.45. The van der Waals surface area contributed by atoms with E-state index in [-0.39, 0.29) is 34.0 Å². The molecule has 1 rings (SSSR count). The van der Waals surface area contributed by atoms with E-state index in [2.05, 4.69) is 20.8 Å². The van der Waals surface area contributed by atoms with Gasteiger partial charge in [0, 0.05) is 0 Å². The van der Waals surface area contributed by atoms with Crippen LogP contribution in [0.3, 0.4) is 0 Å². The molecular formula is C10H18MgOSi. The Kier molecular flexibility index (Phi) is 17.3. The standard InChI is InChI=1S/C6H6O.C4H9.Mg.H3Si/c7-6-4-2-1-3-5-6;1-4(2)3;;/h1-5,7H;1-3H3;;1H3/q;-1;+2;-1. The van der Waals surface area contributed by atoms with Crippen LogP contribution in [-0.4, -0.2) is 39.1 Å². The smallest absolute Gasteiger partial charge is 0.508 e. The molecule has 1 nitrogen and oxygen atoms in total. The normalized spacial score (nSPS) is 7.38. The van der Waals surface area contributed by atoms with Crippen molar-refractivity contribution in [2.75, 3.05) is 0 Å². The van der Waals surface area contributed by atoms with Crippen molar-refractivity contribution in [3.63, 3.8) is 0 Å². The zero-order chi connectivity index (χ0) is 8.69. The summed E-state index contributed by atoms with van der Waals surface area (Å²) < 4.78 is 0. The molecule has 0 bridgehead atoms. The zero-order valence-electron chi connectivity index (χ0n) is 9.04. The number of phenolic OH excluding ortho intramolecular Hbond substituents is 1. The molecular weight excluding hydrogens is 188 g/mol. The summed E-state index contributed by atoms with van der Waals surface area (Å²) in [5, 5.41) is 8.63. The summed E-state index contributed by atoms with van der Waals surface area (Å²) in [6.45, 7) is 6.25. The van der Waals surface area contributed by atoms with Gasteiger partial charge in [0.2, 0.25) is 0 Å². The maximum atomic E-state index is 8.63. The van der Waals surface area contributed by atoms with Crippen LogP contribution in [0.15, 0.2) is 30.3 Å². The van der Waals surface area contributed by atoms with Gasteiger partial charge in [0.15, 0.2) is 0 Å². The Bertz CT molecular complexity index is 175. The van der Waals surface area contributed by atoms with Gasteiger partial charge < -0.3 is 22.0 Å². The van der Waals surface area contributed by atoms with Gasteiger partial charge in [-0.15, -0.1) is 0 Å². The topological polar surface area (TPSA) is 20.2 Å². The van der Waals surface area contributed by atoms with E-state index in [1.54, 1.807) is 24.3 Å². The Balaban J connectivity index is -0.000000150. The van der Waals surface area contributed by atoms with Crippen molar-refractivity contribution >= 4 is 34.0 Å². The Labute approximate surface area is 102 Å². The Morgan fingerprint density at radius 3 is 1.46 bits per heavy atom. The number of benzene rings is 1. The molecule has 0 amide bonds. The van der Waals surface area contributed by atoms with Gasteiger partial charge in [0.05, 0.1) is 0 Å². The molecule has 70 valence electrons. The maximum absolute atomic E-state index is 8.63. The number of para-hydroxylation sites is 1. The molecule has 13 heavy (non-hydrogen) atoms. The molecule has 0 unspecified atom stereocenters. The third-order valence-electron chi connectivity index (χ3n) is 0.756. The van der Waals surface area contributed by atoms with Crippen molar-refractivity contribution in [3.8, 4) is 5.75 Å². The van der Waals surface area contributed by atoms with Crippen molar-refractivity contribution < 1.29 is 5.11 Å². The van der Waals surface area contributed by atoms with Gasteiger partial charge in [-0.1, -0.05) is 18.2 Å². The number of rotatable bonds is 0. The maximum Gasteiger partial charge on any atom is 2.00 e. The first-order valence-corrected chi connectivity index (χ1v) is 3.63. The average Bonchev–Trinajstić information content (AvgIpc) is 1.87. The molecule has 0 heterocycles.